The number of fused-ring (bicyclic) bond motifs is 1. The van der Waals surface area contributed by atoms with Crippen LogP contribution in [0, 0.1) is 11.8 Å². The van der Waals surface area contributed by atoms with Gasteiger partial charge >= 0.3 is 0 Å². The predicted molar refractivity (Wildman–Crippen MR) is 50.8 cm³/mol. The van der Waals surface area contributed by atoms with Crippen LogP contribution in [0.5, 0.6) is 0 Å². The van der Waals surface area contributed by atoms with E-state index in [9.17, 15) is 14.3 Å². The van der Waals surface area contributed by atoms with Crippen LogP contribution >= 0.6 is 0 Å². The number of hydrogen-bond donors (Lipinski definition) is 2. The van der Waals surface area contributed by atoms with E-state index in [1.54, 1.807) is 0 Å². The van der Waals surface area contributed by atoms with Gasteiger partial charge in [-0.05, 0) is 25.2 Å². The van der Waals surface area contributed by atoms with Crippen LogP contribution in [0.4, 0.5) is 4.39 Å². The van der Waals surface area contributed by atoms with Crippen LogP contribution in [-0.2, 0) is 4.79 Å². The van der Waals surface area contributed by atoms with E-state index in [4.69, 9.17) is 5.11 Å². The molecule has 0 aromatic heterocycles. The molecule has 0 bridgehead atoms. The van der Waals surface area contributed by atoms with Gasteiger partial charge in [-0.3, -0.25) is 4.79 Å². The van der Waals surface area contributed by atoms with Crippen LogP contribution in [0.2, 0.25) is 0 Å². The van der Waals surface area contributed by atoms with Gasteiger partial charge in [0.1, 0.15) is 12.3 Å². The lowest BCUT2D eigenvalue weighted by Crippen LogP contribution is -2.43. The Morgan fingerprint density at radius 1 is 1.53 bits per heavy atom. The zero-order valence-corrected chi connectivity index (χ0v) is 8.64. The van der Waals surface area contributed by atoms with Gasteiger partial charge in [0.15, 0.2) is 0 Å². The van der Waals surface area contributed by atoms with E-state index < -0.39 is 24.3 Å². The summed E-state index contributed by atoms with van der Waals surface area (Å²) in [7, 11) is 0. The van der Waals surface area contributed by atoms with Gasteiger partial charge in [-0.25, -0.2) is 4.39 Å². The molecule has 1 unspecified atom stereocenters. The lowest BCUT2D eigenvalue weighted by atomic mass is 10.1. The van der Waals surface area contributed by atoms with E-state index >= 15 is 0 Å². The van der Waals surface area contributed by atoms with Gasteiger partial charge in [0.2, 0.25) is 0 Å². The monoisotopic (exact) mass is 217 g/mol. The first-order valence-electron chi connectivity index (χ1n) is 5.29. The molecule has 1 aliphatic carbocycles. The predicted octanol–water partition coefficient (Wildman–Crippen LogP) is -0.456. The molecule has 1 saturated carbocycles. The Hall–Kier alpha value is -0.680. The molecule has 1 aliphatic heterocycles. The Kier molecular flexibility index (Phi) is 2.68. The van der Waals surface area contributed by atoms with Crippen molar-refractivity contribution in [1.29, 1.82) is 0 Å². The maximum absolute atomic E-state index is 13.5. The number of hydrogen-bond acceptors (Lipinski definition) is 3. The van der Waals surface area contributed by atoms with Crippen molar-refractivity contribution in [3.05, 3.63) is 0 Å². The zero-order valence-electron chi connectivity index (χ0n) is 8.64. The molecule has 0 spiro atoms. The van der Waals surface area contributed by atoms with Gasteiger partial charge < -0.3 is 15.1 Å². The minimum Gasteiger partial charge on any atom is -0.390 e. The first-order valence-corrected chi connectivity index (χ1v) is 5.29. The minimum atomic E-state index is -1.38. The number of aliphatic hydroxyl groups is 2. The molecule has 1 saturated heterocycles. The number of nitrogens with zero attached hydrogens (tertiary/aromatic N) is 1. The summed E-state index contributed by atoms with van der Waals surface area (Å²) in [5.74, 6) is -0.229. The molecule has 1 heterocycles. The van der Waals surface area contributed by atoms with Gasteiger partial charge in [-0.2, -0.15) is 0 Å². The lowest BCUT2D eigenvalue weighted by molar-refractivity contribution is -0.140. The molecule has 2 N–H and O–H groups in total. The highest BCUT2D eigenvalue weighted by molar-refractivity contribution is 5.80. The summed E-state index contributed by atoms with van der Waals surface area (Å²) in [5, 5.41) is 18.7. The number of amides is 1. The fraction of sp³-hybridized carbons (Fsp3) is 0.900. The molecule has 0 aromatic carbocycles. The molecule has 5 heteroatoms. The van der Waals surface area contributed by atoms with E-state index in [1.165, 1.54) is 11.8 Å². The van der Waals surface area contributed by atoms with Crippen LogP contribution in [0.1, 0.15) is 13.3 Å². The fourth-order valence-electron chi connectivity index (χ4n) is 2.29. The number of carbonyl (C=O) groups is 1. The van der Waals surface area contributed by atoms with Crippen molar-refractivity contribution in [1.82, 2.24) is 4.90 Å². The van der Waals surface area contributed by atoms with Crippen molar-refractivity contribution in [3.8, 4) is 0 Å². The third-order valence-corrected chi connectivity index (χ3v) is 3.31. The topological polar surface area (TPSA) is 60.8 Å². The van der Waals surface area contributed by atoms with Crippen LogP contribution in [0.15, 0.2) is 0 Å². The Morgan fingerprint density at radius 2 is 2.20 bits per heavy atom. The molecule has 0 aromatic rings. The Morgan fingerprint density at radius 3 is 2.80 bits per heavy atom. The number of alkyl halides is 1. The molecule has 2 fully saturated rings. The van der Waals surface area contributed by atoms with E-state index in [0.717, 1.165) is 6.42 Å². The maximum atomic E-state index is 13.5. The van der Waals surface area contributed by atoms with E-state index in [1.807, 2.05) is 0 Å². The van der Waals surface area contributed by atoms with E-state index in [-0.39, 0.29) is 18.4 Å². The molecule has 1 amide bonds. The Balaban J connectivity index is 2.05. The Labute approximate surface area is 87.7 Å². The summed E-state index contributed by atoms with van der Waals surface area (Å²) in [6.07, 6.45) is -2.64. The first-order chi connectivity index (χ1) is 7.00. The van der Waals surface area contributed by atoms with Crippen LogP contribution in [-0.4, -0.2) is 52.5 Å². The van der Waals surface area contributed by atoms with Crippen molar-refractivity contribution < 1.29 is 19.4 Å². The standard InChI is InChI=1S/C10H16FNO3/c1-5(13)10(15)12-3-6-2-7(6)9(14)8(11)4-12/h5-9,13-14H,2-4H2,1H3/t5-,6+,7?,8+,9-/m0/s1. The van der Waals surface area contributed by atoms with Gasteiger partial charge in [0, 0.05) is 6.54 Å². The van der Waals surface area contributed by atoms with Gasteiger partial charge in [-0.1, -0.05) is 0 Å². The van der Waals surface area contributed by atoms with Gasteiger partial charge in [0.05, 0.1) is 12.6 Å². The first kappa shape index (κ1) is 10.8. The second-order valence-electron chi connectivity index (χ2n) is 4.59. The maximum Gasteiger partial charge on any atom is 0.251 e. The second kappa shape index (κ2) is 3.72. The number of likely N-dealkylation sites (tertiary alicyclic amines) is 1. The van der Waals surface area contributed by atoms with Crippen molar-refractivity contribution in [3.63, 3.8) is 0 Å². The minimum absolute atomic E-state index is 0.00630. The zero-order chi connectivity index (χ0) is 11.2. The van der Waals surface area contributed by atoms with Gasteiger partial charge in [-0.15, -0.1) is 0 Å². The van der Waals surface area contributed by atoms with Crippen LogP contribution < -0.4 is 0 Å². The third-order valence-electron chi connectivity index (χ3n) is 3.31. The molecule has 2 rings (SSSR count). The van der Waals surface area contributed by atoms with Gasteiger partial charge in [0.25, 0.3) is 5.91 Å². The Bertz CT molecular complexity index is 271. The normalized spacial score (nSPS) is 41.7. The largest absolute Gasteiger partial charge is 0.390 e. The summed E-state index contributed by atoms with van der Waals surface area (Å²) in [6, 6.07) is 0. The van der Waals surface area contributed by atoms with Crippen molar-refractivity contribution in [2.75, 3.05) is 13.1 Å². The summed E-state index contributed by atoms with van der Waals surface area (Å²) >= 11 is 0. The third kappa shape index (κ3) is 1.99. The fourth-order valence-corrected chi connectivity index (χ4v) is 2.29. The van der Waals surface area contributed by atoms with E-state index in [0.29, 0.717) is 6.54 Å². The summed E-state index contributed by atoms with van der Waals surface area (Å²) in [4.78, 5) is 12.8. The van der Waals surface area contributed by atoms with Crippen LogP contribution in [0.25, 0.3) is 0 Å². The SMILES string of the molecule is C[C@H](O)C(=O)N1C[C@H]2CC2[C@H](O)[C@H](F)C1. The summed E-state index contributed by atoms with van der Waals surface area (Å²) in [6.45, 7) is 1.74. The molecular weight excluding hydrogens is 201 g/mol. The number of rotatable bonds is 1. The van der Waals surface area contributed by atoms with Crippen molar-refractivity contribution >= 4 is 5.91 Å². The molecule has 2 aliphatic rings. The quantitative estimate of drug-likeness (QED) is 0.625. The molecule has 4 nitrogen and oxygen atoms in total. The molecule has 5 atom stereocenters. The second-order valence-corrected chi connectivity index (χ2v) is 4.59. The smallest absolute Gasteiger partial charge is 0.251 e. The number of halogens is 1. The molecule has 86 valence electrons. The van der Waals surface area contributed by atoms with Crippen molar-refractivity contribution in [2.24, 2.45) is 11.8 Å². The number of aliphatic hydroxyl groups excluding tert-OH is 2. The molecule has 15 heavy (non-hydrogen) atoms. The number of carbonyl (C=O) groups excluding carboxylic acids is 1. The molecule has 0 radical (unpaired) electrons. The lowest BCUT2D eigenvalue weighted by Gasteiger charge is -2.24. The summed E-state index contributed by atoms with van der Waals surface area (Å²) < 4.78 is 13.5. The average molecular weight is 217 g/mol. The van der Waals surface area contributed by atoms with Crippen LogP contribution in [0.3, 0.4) is 0 Å². The molecular formula is C10H16FNO3. The highest BCUT2D eigenvalue weighted by Gasteiger charge is 2.50. The average Bonchev–Trinajstić information content (AvgIpc) is 2.92. The highest BCUT2D eigenvalue weighted by Crippen LogP contribution is 2.45. The highest BCUT2D eigenvalue weighted by atomic mass is 19.1. The summed E-state index contributed by atoms with van der Waals surface area (Å²) in [5.41, 5.74) is 0. The van der Waals surface area contributed by atoms with Crippen molar-refractivity contribution in [2.45, 2.75) is 31.7 Å². The van der Waals surface area contributed by atoms with E-state index in [2.05, 4.69) is 0 Å².